The van der Waals surface area contributed by atoms with Gasteiger partial charge in [-0.15, -0.1) is 0 Å². The summed E-state index contributed by atoms with van der Waals surface area (Å²) in [5, 5.41) is 11.5. The molecule has 1 amide bonds. The van der Waals surface area contributed by atoms with Crippen molar-refractivity contribution in [1.29, 1.82) is 0 Å². The zero-order chi connectivity index (χ0) is 11.5. The SMILES string of the molecule is CCC(NC(=O)C1(CC)CCC1)C(=O)O. The Bertz CT molecular complexity index is 253. The van der Waals surface area contributed by atoms with Crippen LogP contribution in [0.15, 0.2) is 0 Å². The van der Waals surface area contributed by atoms with E-state index in [1.807, 2.05) is 6.92 Å². The molecule has 0 aromatic rings. The lowest BCUT2D eigenvalue weighted by atomic mass is 9.66. The Kier molecular flexibility index (Phi) is 3.72. The molecule has 4 heteroatoms. The summed E-state index contributed by atoms with van der Waals surface area (Å²) in [7, 11) is 0. The van der Waals surface area contributed by atoms with Gasteiger partial charge in [-0.1, -0.05) is 20.3 Å². The van der Waals surface area contributed by atoms with Crippen LogP contribution in [0.1, 0.15) is 46.0 Å². The normalized spacial score (nSPS) is 20.1. The lowest BCUT2D eigenvalue weighted by Gasteiger charge is -2.40. The Hall–Kier alpha value is -1.06. The van der Waals surface area contributed by atoms with Crippen molar-refractivity contribution in [3.05, 3.63) is 0 Å². The summed E-state index contributed by atoms with van der Waals surface area (Å²) in [4.78, 5) is 22.7. The van der Waals surface area contributed by atoms with Crippen LogP contribution in [0.25, 0.3) is 0 Å². The summed E-state index contributed by atoms with van der Waals surface area (Å²) in [5.41, 5.74) is -0.275. The van der Waals surface area contributed by atoms with Gasteiger partial charge in [0, 0.05) is 5.41 Å². The van der Waals surface area contributed by atoms with E-state index >= 15 is 0 Å². The van der Waals surface area contributed by atoms with Crippen molar-refractivity contribution in [1.82, 2.24) is 5.32 Å². The standard InChI is InChI=1S/C11H19NO3/c1-3-8(9(13)14)12-10(15)11(4-2)6-5-7-11/h8H,3-7H2,1-2H3,(H,12,15)(H,13,14). The van der Waals surface area contributed by atoms with E-state index in [1.54, 1.807) is 6.92 Å². The van der Waals surface area contributed by atoms with Crippen molar-refractivity contribution >= 4 is 11.9 Å². The minimum Gasteiger partial charge on any atom is -0.480 e. The summed E-state index contributed by atoms with van der Waals surface area (Å²) in [6, 6.07) is -0.735. The lowest BCUT2D eigenvalue weighted by Crippen LogP contribution is -2.50. The highest BCUT2D eigenvalue weighted by Crippen LogP contribution is 2.43. The van der Waals surface area contributed by atoms with Gasteiger partial charge in [-0.3, -0.25) is 4.79 Å². The predicted octanol–water partition coefficient (Wildman–Crippen LogP) is 1.55. The molecular formula is C11H19NO3. The summed E-state index contributed by atoms with van der Waals surface area (Å²) >= 11 is 0. The van der Waals surface area contributed by atoms with Crippen LogP contribution in [-0.2, 0) is 9.59 Å². The van der Waals surface area contributed by atoms with Gasteiger partial charge in [0.25, 0.3) is 0 Å². The number of amides is 1. The highest BCUT2D eigenvalue weighted by molar-refractivity contribution is 5.87. The third-order valence-electron chi connectivity index (χ3n) is 3.48. The molecule has 0 bridgehead atoms. The Morgan fingerprint density at radius 1 is 1.40 bits per heavy atom. The van der Waals surface area contributed by atoms with Crippen LogP contribution in [0.2, 0.25) is 0 Å². The number of carbonyl (C=O) groups is 2. The molecule has 1 rings (SSSR count). The molecule has 1 saturated carbocycles. The molecule has 1 fully saturated rings. The molecule has 0 aromatic heterocycles. The molecule has 0 radical (unpaired) electrons. The molecule has 0 aromatic carbocycles. The minimum atomic E-state index is -0.948. The number of hydrogen-bond donors (Lipinski definition) is 2. The van der Waals surface area contributed by atoms with E-state index < -0.39 is 12.0 Å². The highest BCUT2D eigenvalue weighted by Gasteiger charge is 2.43. The van der Waals surface area contributed by atoms with Crippen LogP contribution < -0.4 is 5.32 Å². The Morgan fingerprint density at radius 2 is 2.00 bits per heavy atom. The molecule has 1 unspecified atom stereocenters. The van der Waals surface area contributed by atoms with Crippen molar-refractivity contribution < 1.29 is 14.7 Å². The fraction of sp³-hybridized carbons (Fsp3) is 0.818. The van der Waals surface area contributed by atoms with Crippen LogP contribution in [0.3, 0.4) is 0 Å². The fourth-order valence-electron chi connectivity index (χ4n) is 1.99. The minimum absolute atomic E-state index is 0.0782. The largest absolute Gasteiger partial charge is 0.480 e. The van der Waals surface area contributed by atoms with Crippen LogP contribution >= 0.6 is 0 Å². The van der Waals surface area contributed by atoms with Crippen molar-refractivity contribution in [2.24, 2.45) is 5.41 Å². The lowest BCUT2D eigenvalue weighted by molar-refractivity contribution is -0.146. The summed E-state index contributed by atoms with van der Waals surface area (Å²) in [6.07, 6.45) is 4.09. The molecule has 0 saturated heterocycles. The van der Waals surface area contributed by atoms with Crippen molar-refractivity contribution in [2.75, 3.05) is 0 Å². The zero-order valence-corrected chi connectivity index (χ0v) is 9.38. The van der Waals surface area contributed by atoms with Gasteiger partial charge in [0.15, 0.2) is 0 Å². The average molecular weight is 213 g/mol. The Morgan fingerprint density at radius 3 is 2.27 bits per heavy atom. The number of hydrogen-bond acceptors (Lipinski definition) is 2. The van der Waals surface area contributed by atoms with E-state index in [-0.39, 0.29) is 11.3 Å². The monoisotopic (exact) mass is 213 g/mol. The second kappa shape index (κ2) is 4.64. The number of carboxylic acids is 1. The smallest absolute Gasteiger partial charge is 0.326 e. The molecule has 1 aliphatic carbocycles. The van der Waals surface area contributed by atoms with Gasteiger partial charge in [-0.25, -0.2) is 4.79 Å². The molecule has 86 valence electrons. The van der Waals surface area contributed by atoms with Crippen LogP contribution in [0.5, 0.6) is 0 Å². The summed E-state index contributed by atoms with van der Waals surface area (Å²) in [6.45, 7) is 3.75. The maximum absolute atomic E-state index is 11.9. The quantitative estimate of drug-likeness (QED) is 0.728. The molecule has 0 spiro atoms. The van der Waals surface area contributed by atoms with Crippen LogP contribution in [0, 0.1) is 5.41 Å². The second-order valence-corrected chi connectivity index (χ2v) is 4.26. The molecule has 1 aliphatic rings. The topological polar surface area (TPSA) is 66.4 Å². The van der Waals surface area contributed by atoms with Gasteiger partial charge in [-0.2, -0.15) is 0 Å². The van der Waals surface area contributed by atoms with Gasteiger partial charge in [0.2, 0.25) is 5.91 Å². The molecule has 0 aliphatic heterocycles. The predicted molar refractivity (Wildman–Crippen MR) is 56.4 cm³/mol. The number of nitrogens with one attached hydrogen (secondary N) is 1. The first kappa shape index (κ1) is 12.0. The van der Waals surface area contributed by atoms with E-state index in [4.69, 9.17) is 5.11 Å². The van der Waals surface area contributed by atoms with E-state index in [2.05, 4.69) is 5.32 Å². The van der Waals surface area contributed by atoms with Gasteiger partial charge in [-0.05, 0) is 25.7 Å². The third kappa shape index (κ3) is 2.30. The number of carboxylic acid groups (broad SMARTS) is 1. The summed E-state index contributed by atoms with van der Waals surface area (Å²) in [5.74, 6) is -1.03. The van der Waals surface area contributed by atoms with Crippen LogP contribution in [-0.4, -0.2) is 23.0 Å². The van der Waals surface area contributed by atoms with Gasteiger partial charge in [0.1, 0.15) is 6.04 Å². The van der Waals surface area contributed by atoms with E-state index in [1.165, 1.54) is 0 Å². The number of carbonyl (C=O) groups excluding carboxylic acids is 1. The van der Waals surface area contributed by atoms with E-state index in [0.717, 1.165) is 25.7 Å². The molecule has 1 atom stereocenters. The molecule has 2 N–H and O–H groups in total. The molecule has 15 heavy (non-hydrogen) atoms. The maximum atomic E-state index is 11.9. The Balaban J connectivity index is 2.57. The van der Waals surface area contributed by atoms with Crippen molar-refractivity contribution in [3.63, 3.8) is 0 Å². The van der Waals surface area contributed by atoms with Crippen molar-refractivity contribution in [2.45, 2.75) is 52.0 Å². The number of rotatable bonds is 5. The van der Waals surface area contributed by atoms with Gasteiger partial charge >= 0.3 is 5.97 Å². The van der Waals surface area contributed by atoms with Gasteiger partial charge in [0.05, 0.1) is 0 Å². The van der Waals surface area contributed by atoms with E-state index in [0.29, 0.717) is 6.42 Å². The first-order chi connectivity index (χ1) is 7.05. The molecular weight excluding hydrogens is 194 g/mol. The molecule has 4 nitrogen and oxygen atoms in total. The molecule has 0 heterocycles. The van der Waals surface area contributed by atoms with Crippen LogP contribution in [0.4, 0.5) is 0 Å². The fourth-order valence-corrected chi connectivity index (χ4v) is 1.99. The van der Waals surface area contributed by atoms with Crippen molar-refractivity contribution in [3.8, 4) is 0 Å². The third-order valence-corrected chi connectivity index (χ3v) is 3.48. The number of aliphatic carboxylic acids is 1. The first-order valence-electron chi connectivity index (χ1n) is 5.59. The summed E-state index contributed by atoms with van der Waals surface area (Å²) < 4.78 is 0. The maximum Gasteiger partial charge on any atom is 0.326 e. The average Bonchev–Trinajstić information content (AvgIpc) is 2.12. The Labute approximate surface area is 90.0 Å². The second-order valence-electron chi connectivity index (χ2n) is 4.26. The van der Waals surface area contributed by atoms with E-state index in [9.17, 15) is 9.59 Å². The first-order valence-corrected chi connectivity index (χ1v) is 5.59. The zero-order valence-electron chi connectivity index (χ0n) is 9.38. The highest BCUT2D eigenvalue weighted by atomic mass is 16.4. The van der Waals surface area contributed by atoms with Gasteiger partial charge < -0.3 is 10.4 Å².